The van der Waals surface area contributed by atoms with Crippen molar-refractivity contribution in [3.05, 3.63) is 156 Å². The van der Waals surface area contributed by atoms with E-state index < -0.39 is 0 Å². The Labute approximate surface area is 259 Å². The van der Waals surface area contributed by atoms with Crippen LogP contribution in [0.5, 0.6) is 0 Å². The van der Waals surface area contributed by atoms with Gasteiger partial charge in [-0.3, -0.25) is 0 Å². The molecule has 9 rings (SSSR count). The number of hydrogen-bond donors (Lipinski definition) is 0. The lowest BCUT2D eigenvalue weighted by Crippen LogP contribution is -2.14. The van der Waals surface area contributed by atoms with E-state index in [1.807, 2.05) is 0 Å². The van der Waals surface area contributed by atoms with E-state index in [2.05, 4.69) is 161 Å². The molecule has 2 aliphatic carbocycles. The molecule has 0 aliphatic heterocycles. The molecule has 44 heavy (non-hydrogen) atoms. The van der Waals surface area contributed by atoms with Gasteiger partial charge in [0.1, 0.15) is 0 Å². The van der Waals surface area contributed by atoms with Crippen molar-refractivity contribution in [2.24, 2.45) is 0 Å². The van der Waals surface area contributed by atoms with Gasteiger partial charge in [0, 0.05) is 10.8 Å². The molecule has 0 spiro atoms. The highest BCUT2D eigenvalue weighted by Crippen LogP contribution is 2.51. The first-order valence-corrected chi connectivity index (χ1v) is 15.8. The number of hydrogen-bond acceptors (Lipinski definition) is 0. The zero-order valence-electron chi connectivity index (χ0n) is 25.7. The van der Waals surface area contributed by atoms with Crippen LogP contribution in [0, 0.1) is 0 Å². The molecule has 0 nitrogen and oxygen atoms in total. The van der Waals surface area contributed by atoms with Crippen molar-refractivity contribution in [1.29, 1.82) is 0 Å². The second-order valence-electron chi connectivity index (χ2n) is 13.8. The average molecular weight is 563 g/mol. The van der Waals surface area contributed by atoms with Crippen molar-refractivity contribution in [2.45, 2.75) is 38.5 Å². The predicted molar refractivity (Wildman–Crippen MR) is 187 cm³/mol. The largest absolute Gasteiger partial charge is 0.0619 e. The van der Waals surface area contributed by atoms with Gasteiger partial charge < -0.3 is 0 Å². The molecular weight excluding hydrogens is 528 g/mol. The van der Waals surface area contributed by atoms with Gasteiger partial charge in [0.05, 0.1) is 0 Å². The van der Waals surface area contributed by atoms with Crippen LogP contribution in [0.1, 0.15) is 49.9 Å². The van der Waals surface area contributed by atoms with Crippen molar-refractivity contribution in [1.82, 2.24) is 0 Å². The first-order chi connectivity index (χ1) is 21.3. The van der Waals surface area contributed by atoms with E-state index in [0.717, 1.165) is 0 Å². The Morgan fingerprint density at radius 2 is 0.682 bits per heavy atom. The summed E-state index contributed by atoms with van der Waals surface area (Å²) in [5.41, 5.74) is 16.3. The highest BCUT2D eigenvalue weighted by Gasteiger charge is 2.36. The van der Waals surface area contributed by atoms with E-state index in [-0.39, 0.29) is 10.8 Å². The van der Waals surface area contributed by atoms with Gasteiger partial charge >= 0.3 is 0 Å². The topological polar surface area (TPSA) is 0 Å². The minimum Gasteiger partial charge on any atom is -0.0619 e. The van der Waals surface area contributed by atoms with E-state index >= 15 is 0 Å². The van der Waals surface area contributed by atoms with Gasteiger partial charge in [0.15, 0.2) is 0 Å². The summed E-state index contributed by atoms with van der Waals surface area (Å²) < 4.78 is 0. The van der Waals surface area contributed by atoms with Crippen molar-refractivity contribution >= 4 is 21.5 Å². The van der Waals surface area contributed by atoms with E-state index in [0.29, 0.717) is 0 Å². The summed E-state index contributed by atoms with van der Waals surface area (Å²) in [5.74, 6) is 0. The molecule has 0 aromatic heterocycles. The molecule has 7 aromatic carbocycles. The summed E-state index contributed by atoms with van der Waals surface area (Å²) in [4.78, 5) is 0. The fourth-order valence-corrected chi connectivity index (χ4v) is 8.20. The monoisotopic (exact) mass is 562 g/mol. The molecule has 210 valence electrons. The maximum Gasteiger partial charge on any atom is 0.0159 e. The molecule has 2 aliphatic rings. The standard InChI is InChI=1S/C44H34/c1-43(2)39-11-7-5-9-35(39)37-21-17-29(25-41(37)43)27-15-19-33-31(23-27)13-14-32-24-28(16-20-34(32)33)30-18-22-38-36-10-6-8-12-40(36)44(3,4)42(38)26-30/h5-26H,1-4H3. The second kappa shape index (κ2) is 8.80. The SMILES string of the molecule is CC1(C)c2ccccc2-c2ccc(-c3ccc4c(ccc5cc(-c6ccc7c(c6)C(C)(C)c6ccccc6-7)ccc54)c3)cc21. The minimum absolute atomic E-state index is 0.00522. The molecule has 0 fully saturated rings. The molecular formula is C44H34. The lowest BCUT2D eigenvalue weighted by Gasteiger charge is -2.22. The van der Waals surface area contributed by atoms with Crippen LogP contribution < -0.4 is 0 Å². The van der Waals surface area contributed by atoms with Crippen LogP contribution in [0.2, 0.25) is 0 Å². The maximum atomic E-state index is 2.42. The van der Waals surface area contributed by atoms with Gasteiger partial charge in [0.25, 0.3) is 0 Å². The normalized spacial score (nSPS) is 15.2. The highest BCUT2D eigenvalue weighted by atomic mass is 14.4. The Bertz CT molecular complexity index is 2160. The van der Waals surface area contributed by atoms with Gasteiger partial charge in [-0.15, -0.1) is 0 Å². The van der Waals surface area contributed by atoms with Gasteiger partial charge in [0.2, 0.25) is 0 Å². The van der Waals surface area contributed by atoms with E-state index in [1.54, 1.807) is 0 Å². The first-order valence-electron chi connectivity index (χ1n) is 15.8. The molecule has 0 saturated carbocycles. The minimum atomic E-state index is 0.00522. The quantitative estimate of drug-likeness (QED) is 0.184. The summed E-state index contributed by atoms with van der Waals surface area (Å²) >= 11 is 0. The highest BCUT2D eigenvalue weighted by molar-refractivity contribution is 6.09. The lowest BCUT2D eigenvalue weighted by atomic mass is 9.81. The zero-order chi connectivity index (χ0) is 29.8. The van der Waals surface area contributed by atoms with Crippen molar-refractivity contribution in [2.75, 3.05) is 0 Å². The molecule has 0 N–H and O–H groups in total. The van der Waals surface area contributed by atoms with Gasteiger partial charge in [-0.05, 0) is 113 Å². The van der Waals surface area contributed by atoms with Crippen molar-refractivity contribution in [3.63, 3.8) is 0 Å². The van der Waals surface area contributed by atoms with Crippen LogP contribution in [-0.2, 0) is 10.8 Å². The Hall–Kier alpha value is -4.94. The fraction of sp³-hybridized carbons (Fsp3) is 0.136. The summed E-state index contributed by atoms with van der Waals surface area (Å²) in [6, 6.07) is 50.3. The zero-order valence-corrected chi connectivity index (χ0v) is 25.7. The number of fused-ring (bicyclic) bond motifs is 9. The molecule has 0 unspecified atom stereocenters. The van der Waals surface area contributed by atoms with Gasteiger partial charge in [-0.1, -0.05) is 137 Å². The van der Waals surface area contributed by atoms with E-state index in [9.17, 15) is 0 Å². The third-order valence-electron chi connectivity index (χ3n) is 10.7. The Morgan fingerprint density at radius 3 is 1.14 bits per heavy atom. The summed E-state index contributed by atoms with van der Waals surface area (Å²) in [7, 11) is 0. The molecule has 0 amide bonds. The van der Waals surface area contributed by atoms with Crippen LogP contribution in [0.15, 0.2) is 133 Å². The number of benzene rings is 7. The first kappa shape index (κ1) is 25.5. The summed E-state index contributed by atoms with van der Waals surface area (Å²) in [6.45, 7) is 9.41. The van der Waals surface area contributed by atoms with E-state index in [1.165, 1.54) is 88.3 Å². The molecule has 0 heterocycles. The average Bonchev–Trinajstić information content (AvgIpc) is 3.43. The van der Waals surface area contributed by atoms with Gasteiger partial charge in [-0.25, -0.2) is 0 Å². The summed E-state index contributed by atoms with van der Waals surface area (Å²) in [6.07, 6.45) is 0. The van der Waals surface area contributed by atoms with Crippen LogP contribution in [-0.4, -0.2) is 0 Å². The van der Waals surface area contributed by atoms with Crippen molar-refractivity contribution in [3.8, 4) is 44.5 Å². The van der Waals surface area contributed by atoms with Crippen molar-refractivity contribution < 1.29 is 0 Å². The van der Waals surface area contributed by atoms with Crippen LogP contribution >= 0.6 is 0 Å². The molecule has 0 radical (unpaired) electrons. The molecule has 0 atom stereocenters. The Kier molecular flexibility index (Phi) is 5.11. The third-order valence-corrected chi connectivity index (χ3v) is 10.7. The molecule has 7 aromatic rings. The predicted octanol–water partition coefficient (Wildman–Crippen LogP) is 11.9. The smallest absolute Gasteiger partial charge is 0.0159 e. The number of rotatable bonds is 2. The third kappa shape index (κ3) is 3.46. The molecule has 0 bridgehead atoms. The lowest BCUT2D eigenvalue weighted by molar-refractivity contribution is 0.660. The summed E-state index contributed by atoms with van der Waals surface area (Å²) in [5, 5.41) is 5.17. The van der Waals surface area contributed by atoms with Crippen LogP contribution in [0.3, 0.4) is 0 Å². The molecule has 0 heteroatoms. The Balaban J connectivity index is 1.09. The van der Waals surface area contributed by atoms with E-state index in [4.69, 9.17) is 0 Å². The fourth-order valence-electron chi connectivity index (χ4n) is 8.20. The Morgan fingerprint density at radius 1 is 0.318 bits per heavy atom. The second-order valence-corrected chi connectivity index (χ2v) is 13.8. The maximum absolute atomic E-state index is 2.42. The van der Waals surface area contributed by atoms with Crippen LogP contribution in [0.4, 0.5) is 0 Å². The molecule has 0 saturated heterocycles. The van der Waals surface area contributed by atoms with Gasteiger partial charge in [-0.2, -0.15) is 0 Å². The van der Waals surface area contributed by atoms with Crippen LogP contribution in [0.25, 0.3) is 66.1 Å².